The van der Waals surface area contributed by atoms with Gasteiger partial charge in [0.2, 0.25) is 21.8 Å². The molecule has 2 amide bonds. The number of hydrogen-bond acceptors (Lipinski definition) is 5. The maximum atomic E-state index is 12.2. The lowest BCUT2D eigenvalue weighted by Crippen LogP contribution is -2.45. The van der Waals surface area contributed by atoms with Crippen LogP contribution < -0.4 is 10.0 Å². The Morgan fingerprint density at radius 2 is 2.00 bits per heavy atom. The molecule has 0 aromatic heterocycles. The third-order valence-electron chi connectivity index (χ3n) is 3.24. The first-order valence-corrected chi connectivity index (χ1v) is 8.59. The van der Waals surface area contributed by atoms with Crippen LogP contribution in [0.5, 0.6) is 0 Å². The number of carbonyl (C=O) groups excluding carboxylic acids is 2. The normalized spacial score (nSPS) is 15.5. The summed E-state index contributed by atoms with van der Waals surface area (Å²) in [6, 6.07) is 5.85. The van der Waals surface area contributed by atoms with E-state index < -0.39 is 10.0 Å². The average molecular weight is 341 g/mol. The molecule has 1 fully saturated rings. The third kappa shape index (κ3) is 5.02. The van der Waals surface area contributed by atoms with Crippen LogP contribution >= 0.6 is 0 Å². The molecule has 8 nitrogen and oxygen atoms in total. The zero-order valence-electron chi connectivity index (χ0n) is 12.7. The lowest BCUT2D eigenvalue weighted by Gasteiger charge is -2.26. The Hall–Kier alpha value is -1.97. The fraction of sp³-hybridized carbons (Fsp3) is 0.429. The van der Waals surface area contributed by atoms with Crippen molar-refractivity contribution in [3.05, 3.63) is 24.3 Å². The summed E-state index contributed by atoms with van der Waals surface area (Å²) in [6.45, 7) is 2.76. The maximum absolute atomic E-state index is 12.2. The molecule has 9 heteroatoms. The minimum Gasteiger partial charge on any atom is -0.370 e. The lowest BCUT2D eigenvalue weighted by molar-refractivity contribution is -0.142. The molecule has 1 heterocycles. The molecule has 0 spiro atoms. The predicted octanol–water partition coefficient (Wildman–Crippen LogP) is -0.218. The standard InChI is InChI=1S/C14H19N3O5S/c1-11(18)16-12-2-4-13(5-3-12)23(20,21)15-6-7-17-8-9-22-10-14(17)19/h2-5,15H,6-10H2,1H3,(H,16,18). The predicted molar refractivity (Wildman–Crippen MR) is 83.3 cm³/mol. The van der Waals surface area contributed by atoms with Crippen LogP contribution in [0.3, 0.4) is 0 Å². The number of rotatable bonds is 6. The molecular formula is C14H19N3O5S. The second-order valence-electron chi connectivity index (χ2n) is 5.04. The van der Waals surface area contributed by atoms with Gasteiger partial charge in [0.05, 0.1) is 11.5 Å². The molecule has 0 bridgehead atoms. The highest BCUT2D eigenvalue weighted by atomic mass is 32.2. The summed E-state index contributed by atoms with van der Waals surface area (Å²) in [5.41, 5.74) is 0.523. The fourth-order valence-electron chi connectivity index (χ4n) is 2.11. The molecule has 126 valence electrons. The molecule has 1 saturated heterocycles. The van der Waals surface area contributed by atoms with Crippen molar-refractivity contribution in [3.8, 4) is 0 Å². The molecule has 23 heavy (non-hydrogen) atoms. The number of amides is 2. The monoisotopic (exact) mass is 341 g/mol. The maximum Gasteiger partial charge on any atom is 0.248 e. The number of morpholine rings is 1. The van der Waals surface area contributed by atoms with Crippen LogP contribution in [0.4, 0.5) is 5.69 Å². The van der Waals surface area contributed by atoms with E-state index in [-0.39, 0.29) is 29.9 Å². The highest BCUT2D eigenvalue weighted by Crippen LogP contribution is 2.13. The van der Waals surface area contributed by atoms with Crippen molar-refractivity contribution in [2.75, 3.05) is 38.2 Å². The van der Waals surface area contributed by atoms with Gasteiger partial charge in [0.15, 0.2) is 0 Å². The molecule has 2 N–H and O–H groups in total. The number of nitrogens with one attached hydrogen (secondary N) is 2. The van der Waals surface area contributed by atoms with Gasteiger partial charge in [-0.1, -0.05) is 0 Å². The lowest BCUT2D eigenvalue weighted by atomic mass is 10.3. The van der Waals surface area contributed by atoms with Crippen LogP contribution in [0.15, 0.2) is 29.2 Å². The summed E-state index contributed by atoms with van der Waals surface area (Å²) in [6.07, 6.45) is 0. The van der Waals surface area contributed by atoms with Crippen LogP contribution in [-0.2, 0) is 24.3 Å². The van der Waals surface area contributed by atoms with Gasteiger partial charge >= 0.3 is 0 Å². The Balaban J connectivity index is 1.90. The first-order chi connectivity index (χ1) is 10.9. The second kappa shape index (κ2) is 7.53. The smallest absolute Gasteiger partial charge is 0.248 e. The quantitative estimate of drug-likeness (QED) is 0.744. The Morgan fingerprint density at radius 1 is 1.30 bits per heavy atom. The zero-order chi connectivity index (χ0) is 16.9. The van der Waals surface area contributed by atoms with Crippen molar-refractivity contribution >= 4 is 27.5 Å². The summed E-state index contributed by atoms with van der Waals surface area (Å²) in [5.74, 6) is -0.371. The van der Waals surface area contributed by atoms with Crippen molar-refractivity contribution < 1.29 is 22.7 Å². The van der Waals surface area contributed by atoms with E-state index in [0.29, 0.717) is 25.4 Å². The molecule has 1 aliphatic heterocycles. The summed E-state index contributed by atoms with van der Waals surface area (Å²) < 4.78 is 31.8. The zero-order valence-corrected chi connectivity index (χ0v) is 13.6. The van der Waals surface area contributed by atoms with Gasteiger partial charge in [-0.05, 0) is 24.3 Å². The highest BCUT2D eigenvalue weighted by Gasteiger charge is 2.19. The summed E-state index contributed by atoms with van der Waals surface area (Å²) in [5, 5.41) is 2.56. The first-order valence-electron chi connectivity index (χ1n) is 7.11. The van der Waals surface area contributed by atoms with E-state index in [1.54, 1.807) is 4.90 Å². The number of carbonyl (C=O) groups is 2. The van der Waals surface area contributed by atoms with Crippen molar-refractivity contribution in [1.82, 2.24) is 9.62 Å². The van der Waals surface area contributed by atoms with Crippen LogP contribution in [0.1, 0.15) is 6.92 Å². The summed E-state index contributed by atoms with van der Waals surface area (Å²) in [7, 11) is -3.66. The van der Waals surface area contributed by atoms with Crippen LogP contribution in [0.25, 0.3) is 0 Å². The first kappa shape index (κ1) is 17.4. The van der Waals surface area contributed by atoms with Crippen LogP contribution in [0, 0.1) is 0 Å². The van der Waals surface area contributed by atoms with Gasteiger partial charge in [0.1, 0.15) is 6.61 Å². The minimum atomic E-state index is -3.66. The number of benzene rings is 1. The Bertz CT molecular complexity index is 672. The SMILES string of the molecule is CC(=O)Nc1ccc(S(=O)(=O)NCCN2CCOCC2=O)cc1. The minimum absolute atomic E-state index is 0.0390. The van der Waals surface area contributed by atoms with Crippen molar-refractivity contribution in [1.29, 1.82) is 0 Å². The van der Waals surface area contributed by atoms with Gasteiger partial charge in [0.25, 0.3) is 0 Å². The van der Waals surface area contributed by atoms with E-state index in [1.807, 2.05) is 0 Å². The van der Waals surface area contributed by atoms with E-state index in [1.165, 1.54) is 31.2 Å². The Morgan fingerprint density at radius 3 is 2.61 bits per heavy atom. The Kier molecular flexibility index (Phi) is 5.69. The molecule has 0 aliphatic carbocycles. The number of hydrogen-bond donors (Lipinski definition) is 2. The molecule has 0 radical (unpaired) electrons. The summed E-state index contributed by atoms with van der Waals surface area (Å²) >= 11 is 0. The highest BCUT2D eigenvalue weighted by molar-refractivity contribution is 7.89. The van der Waals surface area contributed by atoms with E-state index in [9.17, 15) is 18.0 Å². The van der Waals surface area contributed by atoms with E-state index >= 15 is 0 Å². The van der Waals surface area contributed by atoms with Crippen molar-refractivity contribution in [2.45, 2.75) is 11.8 Å². The molecule has 0 atom stereocenters. The molecule has 1 aromatic carbocycles. The van der Waals surface area contributed by atoms with Gasteiger partial charge in [-0.25, -0.2) is 13.1 Å². The van der Waals surface area contributed by atoms with Gasteiger partial charge in [-0.3, -0.25) is 9.59 Å². The Labute approximate surface area is 134 Å². The van der Waals surface area contributed by atoms with Gasteiger partial charge < -0.3 is 15.0 Å². The fourth-order valence-corrected chi connectivity index (χ4v) is 3.13. The molecular weight excluding hydrogens is 322 g/mol. The average Bonchev–Trinajstić information content (AvgIpc) is 2.49. The largest absolute Gasteiger partial charge is 0.370 e. The number of sulfonamides is 1. The topological polar surface area (TPSA) is 105 Å². The second-order valence-corrected chi connectivity index (χ2v) is 6.80. The van der Waals surface area contributed by atoms with Crippen molar-refractivity contribution in [2.24, 2.45) is 0 Å². The third-order valence-corrected chi connectivity index (χ3v) is 4.72. The van der Waals surface area contributed by atoms with E-state index in [4.69, 9.17) is 4.74 Å². The molecule has 1 aromatic rings. The van der Waals surface area contributed by atoms with Gasteiger partial charge in [-0.15, -0.1) is 0 Å². The van der Waals surface area contributed by atoms with Crippen molar-refractivity contribution in [3.63, 3.8) is 0 Å². The van der Waals surface area contributed by atoms with Gasteiger partial charge in [-0.2, -0.15) is 0 Å². The van der Waals surface area contributed by atoms with Gasteiger partial charge in [0, 0.05) is 32.2 Å². The van der Waals surface area contributed by atoms with E-state index in [0.717, 1.165) is 0 Å². The number of nitrogens with zero attached hydrogens (tertiary/aromatic N) is 1. The van der Waals surface area contributed by atoms with E-state index in [2.05, 4.69) is 10.0 Å². The molecule has 1 aliphatic rings. The molecule has 2 rings (SSSR count). The number of ether oxygens (including phenoxy) is 1. The molecule has 0 saturated carbocycles. The summed E-state index contributed by atoms with van der Waals surface area (Å²) in [4.78, 5) is 24.1. The number of anilines is 1. The molecule has 0 unspecified atom stereocenters. The van der Waals surface area contributed by atoms with Crippen LogP contribution in [0.2, 0.25) is 0 Å². The van der Waals surface area contributed by atoms with Crippen LogP contribution in [-0.4, -0.2) is 58.0 Å².